The molecule has 0 spiro atoms. The van der Waals surface area contributed by atoms with Crippen molar-refractivity contribution in [2.45, 2.75) is 39.5 Å². The van der Waals surface area contributed by atoms with Crippen molar-refractivity contribution in [2.24, 2.45) is 5.41 Å². The SMILES string of the molecule is CC(C)(C)C(C1=CC=CCC1)c1ccccc1. The predicted molar refractivity (Wildman–Crippen MR) is 75.1 cm³/mol. The van der Waals surface area contributed by atoms with Crippen LogP contribution >= 0.6 is 0 Å². The summed E-state index contributed by atoms with van der Waals surface area (Å²) in [5.74, 6) is 0.536. The Morgan fingerprint density at radius 3 is 2.29 bits per heavy atom. The van der Waals surface area contributed by atoms with Gasteiger partial charge in [-0.2, -0.15) is 0 Å². The van der Waals surface area contributed by atoms with Gasteiger partial charge in [0.05, 0.1) is 0 Å². The van der Waals surface area contributed by atoms with E-state index in [2.05, 4.69) is 69.3 Å². The van der Waals surface area contributed by atoms with E-state index in [4.69, 9.17) is 0 Å². The van der Waals surface area contributed by atoms with Crippen molar-refractivity contribution in [3.05, 3.63) is 59.7 Å². The van der Waals surface area contributed by atoms with Crippen LogP contribution in [0.4, 0.5) is 0 Å². The Hall–Kier alpha value is -1.30. The molecule has 2 rings (SSSR count). The molecule has 1 aromatic carbocycles. The summed E-state index contributed by atoms with van der Waals surface area (Å²) in [5, 5.41) is 0. The van der Waals surface area contributed by atoms with Crippen LogP contribution in [0.1, 0.15) is 45.1 Å². The number of hydrogen-bond acceptors (Lipinski definition) is 0. The van der Waals surface area contributed by atoms with Gasteiger partial charge in [-0.1, -0.05) is 74.9 Å². The first-order valence-corrected chi connectivity index (χ1v) is 6.49. The fraction of sp³-hybridized carbons (Fsp3) is 0.412. The van der Waals surface area contributed by atoms with Crippen molar-refractivity contribution in [3.8, 4) is 0 Å². The monoisotopic (exact) mass is 226 g/mol. The van der Waals surface area contributed by atoms with Crippen molar-refractivity contribution < 1.29 is 0 Å². The molecule has 0 heterocycles. The van der Waals surface area contributed by atoms with Gasteiger partial charge in [-0.05, 0) is 23.8 Å². The van der Waals surface area contributed by atoms with Gasteiger partial charge in [-0.15, -0.1) is 0 Å². The maximum absolute atomic E-state index is 2.34. The van der Waals surface area contributed by atoms with Crippen LogP contribution in [0, 0.1) is 5.41 Å². The molecule has 1 atom stereocenters. The van der Waals surface area contributed by atoms with Crippen LogP contribution in [-0.4, -0.2) is 0 Å². The third kappa shape index (κ3) is 2.88. The summed E-state index contributed by atoms with van der Waals surface area (Å²) in [4.78, 5) is 0. The summed E-state index contributed by atoms with van der Waals surface area (Å²) in [6.45, 7) is 7.01. The molecule has 0 aromatic heterocycles. The van der Waals surface area contributed by atoms with Gasteiger partial charge < -0.3 is 0 Å². The van der Waals surface area contributed by atoms with Crippen LogP contribution < -0.4 is 0 Å². The highest BCUT2D eigenvalue weighted by atomic mass is 14.3. The highest BCUT2D eigenvalue weighted by molar-refractivity contribution is 5.34. The maximum atomic E-state index is 2.34. The second-order valence-corrected chi connectivity index (χ2v) is 5.92. The molecule has 1 aliphatic rings. The Balaban J connectivity index is 2.39. The van der Waals surface area contributed by atoms with Crippen molar-refractivity contribution in [1.29, 1.82) is 0 Å². The van der Waals surface area contributed by atoms with Gasteiger partial charge >= 0.3 is 0 Å². The zero-order chi connectivity index (χ0) is 12.3. The van der Waals surface area contributed by atoms with Gasteiger partial charge in [-0.3, -0.25) is 0 Å². The second kappa shape index (κ2) is 4.91. The van der Waals surface area contributed by atoms with Crippen molar-refractivity contribution in [1.82, 2.24) is 0 Å². The average molecular weight is 226 g/mol. The molecule has 0 N–H and O–H groups in total. The second-order valence-electron chi connectivity index (χ2n) is 5.92. The minimum absolute atomic E-state index is 0.276. The standard InChI is InChI=1S/C17H22/c1-17(2,3)16(14-10-6-4-7-11-14)15-12-8-5-9-13-15/h4-8,10-12,16H,9,13H2,1-3H3. The minimum Gasteiger partial charge on any atom is -0.0842 e. The van der Waals surface area contributed by atoms with Gasteiger partial charge in [0.15, 0.2) is 0 Å². The van der Waals surface area contributed by atoms with E-state index in [0.29, 0.717) is 5.92 Å². The lowest BCUT2D eigenvalue weighted by atomic mass is 9.70. The molecule has 0 radical (unpaired) electrons. The summed E-state index contributed by atoms with van der Waals surface area (Å²) in [5.41, 5.74) is 3.30. The van der Waals surface area contributed by atoms with Crippen molar-refractivity contribution in [2.75, 3.05) is 0 Å². The lowest BCUT2D eigenvalue weighted by Crippen LogP contribution is -2.21. The summed E-state index contributed by atoms with van der Waals surface area (Å²) in [6.07, 6.45) is 9.17. The molecule has 0 amide bonds. The fourth-order valence-corrected chi connectivity index (χ4v) is 2.78. The van der Waals surface area contributed by atoms with Crippen molar-refractivity contribution >= 4 is 0 Å². The highest BCUT2D eigenvalue weighted by Gasteiger charge is 2.29. The third-order valence-corrected chi connectivity index (χ3v) is 3.42. The lowest BCUT2D eigenvalue weighted by Gasteiger charge is -2.34. The molecule has 0 fully saturated rings. The van der Waals surface area contributed by atoms with Crippen LogP contribution in [0.3, 0.4) is 0 Å². The lowest BCUT2D eigenvalue weighted by molar-refractivity contribution is 0.348. The largest absolute Gasteiger partial charge is 0.0842 e. The molecule has 1 unspecified atom stereocenters. The minimum atomic E-state index is 0.276. The van der Waals surface area contributed by atoms with Crippen LogP contribution in [0.2, 0.25) is 0 Å². The Kier molecular flexibility index (Phi) is 3.51. The van der Waals surface area contributed by atoms with E-state index < -0.39 is 0 Å². The normalized spacial score (nSPS) is 17.7. The van der Waals surface area contributed by atoms with Crippen LogP contribution in [0.5, 0.6) is 0 Å². The number of allylic oxidation sites excluding steroid dienone is 4. The molecule has 90 valence electrons. The van der Waals surface area contributed by atoms with Gasteiger partial charge in [0.2, 0.25) is 0 Å². The van der Waals surface area contributed by atoms with Crippen molar-refractivity contribution in [3.63, 3.8) is 0 Å². The molecule has 0 bridgehead atoms. The van der Waals surface area contributed by atoms with E-state index in [-0.39, 0.29) is 5.41 Å². The van der Waals surface area contributed by atoms with Gasteiger partial charge in [0, 0.05) is 5.92 Å². The molecule has 0 nitrogen and oxygen atoms in total. The molecular formula is C17H22. The first-order chi connectivity index (χ1) is 8.09. The molecule has 17 heavy (non-hydrogen) atoms. The Morgan fingerprint density at radius 2 is 1.76 bits per heavy atom. The quantitative estimate of drug-likeness (QED) is 0.658. The molecule has 0 aliphatic heterocycles. The zero-order valence-corrected chi connectivity index (χ0v) is 11.1. The van der Waals surface area contributed by atoms with Crippen LogP contribution in [-0.2, 0) is 0 Å². The first kappa shape index (κ1) is 12.2. The number of hydrogen-bond donors (Lipinski definition) is 0. The number of benzene rings is 1. The zero-order valence-electron chi connectivity index (χ0n) is 11.1. The Labute approximate surface area is 105 Å². The molecule has 0 heteroatoms. The maximum Gasteiger partial charge on any atom is 0.00999 e. The summed E-state index contributed by atoms with van der Waals surface area (Å²) >= 11 is 0. The van der Waals surface area contributed by atoms with Crippen LogP contribution in [0.25, 0.3) is 0 Å². The number of rotatable bonds is 2. The predicted octanol–water partition coefficient (Wildman–Crippen LogP) is 5.09. The molecule has 0 saturated carbocycles. The van der Waals surface area contributed by atoms with Gasteiger partial charge in [0.25, 0.3) is 0 Å². The molecule has 1 aliphatic carbocycles. The Bertz CT molecular complexity index is 415. The molecule has 1 aromatic rings. The van der Waals surface area contributed by atoms with Gasteiger partial charge in [0.1, 0.15) is 0 Å². The van der Waals surface area contributed by atoms with E-state index in [1.165, 1.54) is 18.4 Å². The van der Waals surface area contributed by atoms with E-state index in [1.807, 2.05) is 0 Å². The third-order valence-electron chi connectivity index (χ3n) is 3.42. The van der Waals surface area contributed by atoms with Crippen LogP contribution in [0.15, 0.2) is 54.1 Å². The van der Waals surface area contributed by atoms with E-state index in [9.17, 15) is 0 Å². The molecular weight excluding hydrogens is 204 g/mol. The van der Waals surface area contributed by atoms with E-state index in [1.54, 1.807) is 5.57 Å². The summed E-state index contributed by atoms with van der Waals surface area (Å²) in [7, 11) is 0. The average Bonchev–Trinajstić information content (AvgIpc) is 2.30. The highest BCUT2D eigenvalue weighted by Crippen LogP contribution is 2.42. The van der Waals surface area contributed by atoms with Gasteiger partial charge in [-0.25, -0.2) is 0 Å². The fourth-order valence-electron chi connectivity index (χ4n) is 2.78. The van der Waals surface area contributed by atoms with E-state index >= 15 is 0 Å². The van der Waals surface area contributed by atoms with E-state index in [0.717, 1.165) is 0 Å². The molecule has 0 saturated heterocycles. The first-order valence-electron chi connectivity index (χ1n) is 6.49. The Morgan fingerprint density at radius 1 is 1.06 bits per heavy atom. The summed E-state index contributed by atoms with van der Waals surface area (Å²) in [6, 6.07) is 10.9. The summed E-state index contributed by atoms with van der Waals surface area (Å²) < 4.78 is 0. The topological polar surface area (TPSA) is 0 Å². The smallest absolute Gasteiger partial charge is 0.00999 e.